The van der Waals surface area contributed by atoms with Gasteiger partial charge < -0.3 is 25.0 Å². The topological polar surface area (TPSA) is 99.0 Å². The molecule has 1 saturated carbocycles. The number of methoxy groups -OCH3 is 1. The Morgan fingerprint density at radius 1 is 1.18 bits per heavy atom. The molecule has 8 nitrogen and oxygen atoms in total. The highest BCUT2D eigenvalue weighted by Gasteiger charge is 2.28. The van der Waals surface area contributed by atoms with Gasteiger partial charge in [0, 0.05) is 37.0 Å². The van der Waals surface area contributed by atoms with E-state index in [4.69, 9.17) is 9.47 Å². The lowest BCUT2D eigenvalue weighted by molar-refractivity contribution is 0.0907. The number of hydrogen-bond acceptors (Lipinski definition) is 7. The average Bonchev–Trinajstić information content (AvgIpc) is 3.81. The van der Waals surface area contributed by atoms with Gasteiger partial charge in [0.15, 0.2) is 0 Å². The van der Waals surface area contributed by atoms with E-state index in [1.165, 1.54) is 12.8 Å². The Morgan fingerprint density at radius 2 is 1.97 bits per heavy atom. The van der Waals surface area contributed by atoms with Crippen LogP contribution in [0.5, 0.6) is 11.5 Å². The van der Waals surface area contributed by atoms with E-state index < -0.39 is 0 Å². The second-order valence-corrected chi connectivity index (χ2v) is 10.4. The van der Waals surface area contributed by atoms with Crippen LogP contribution in [0.4, 0.5) is 0 Å². The number of aliphatic imine (C=N–C) groups is 1. The predicted octanol–water partition coefficient (Wildman–Crippen LogP) is 4.40. The van der Waals surface area contributed by atoms with E-state index in [1.807, 2.05) is 36.6 Å². The van der Waals surface area contributed by atoms with Crippen LogP contribution in [0.25, 0.3) is 0 Å². The highest BCUT2D eigenvalue weighted by atomic mass is 16.5. The smallest absolute Gasteiger partial charge is 0.251 e. The Labute approximate surface area is 224 Å². The van der Waals surface area contributed by atoms with Crippen LogP contribution < -0.4 is 20.1 Å². The maximum Gasteiger partial charge on any atom is 0.251 e. The van der Waals surface area contributed by atoms with Gasteiger partial charge >= 0.3 is 0 Å². The molecule has 0 bridgehead atoms. The van der Waals surface area contributed by atoms with Crippen LogP contribution in [0.2, 0.25) is 0 Å². The molecule has 3 aliphatic rings. The molecule has 2 aromatic rings. The largest absolute Gasteiger partial charge is 0.497 e. The number of carbonyl (C=O) groups is 1. The van der Waals surface area contributed by atoms with Crippen molar-refractivity contribution in [3.63, 3.8) is 0 Å². The molecule has 2 atom stereocenters. The van der Waals surface area contributed by atoms with Crippen molar-refractivity contribution in [3.8, 4) is 17.6 Å². The third kappa shape index (κ3) is 6.28. The summed E-state index contributed by atoms with van der Waals surface area (Å²) in [4.78, 5) is 20.0. The fourth-order valence-corrected chi connectivity index (χ4v) is 5.02. The number of rotatable bonds is 9. The predicted molar refractivity (Wildman–Crippen MR) is 146 cm³/mol. The van der Waals surface area contributed by atoms with E-state index in [0.29, 0.717) is 41.1 Å². The van der Waals surface area contributed by atoms with Crippen LogP contribution in [0.15, 0.2) is 59.4 Å². The molecule has 2 N–H and O–H groups in total. The average molecular weight is 514 g/mol. The van der Waals surface area contributed by atoms with Crippen LogP contribution in [0.1, 0.15) is 60.3 Å². The van der Waals surface area contributed by atoms with Gasteiger partial charge in [0.05, 0.1) is 25.3 Å². The molecular formula is C30H35N5O3. The van der Waals surface area contributed by atoms with Gasteiger partial charge in [0.2, 0.25) is 0 Å². The van der Waals surface area contributed by atoms with E-state index in [-0.39, 0.29) is 18.1 Å². The number of hydrogen-bond donors (Lipinski definition) is 2. The van der Waals surface area contributed by atoms with Gasteiger partial charge in [0.1, 0.15) is 23.5 Å². The first-order valence-corrected chi connectivity index (χ1v) is 13.4. The van der Waals surface area contributed by atoms with Crippen LogP contribution in [0, 0.1) is 23.2 Å². The number of benzene rings is 2. The molecule has 38 heavy (non-hydrogen) atoms. The standard InChI is InChI=1S/C30H35N5O3/c1-20(33-30(36)25-15-26(37-2)17-27(16-25)38-19-21-6-7-21)23-9-12-35(13-10-23)28-8-11-32-29(34-28)24-5-3-4-22(14-24)18-31/h3-5,8,11,14-17,20-21,23,29,34H,6-7,9-10,12-13,19H2,1-2H3,(H,33,36). The zero-order valence-electron chi connectivity index (χ0n) is 22.0. The Kier molecular flexibility index (Phi) is 7.83. The van der Waals surface area contributed by atoms with Crippen molar-refractivity contribution in [1.82, 2.24) is 15.5 Å². The second kappa shape index (κ2) is 11.6. The normalized spacial score (nSPS) is 20.1. The van der Waals surface area contributed by atoms with Crippen molar-refractivity contribution >= 4 is 12.1 Å². The summed E-state index contributed by atoms with van der Waals surface area (Å²) >= 11 is 0. The number of nitrogens with one attached hydrogen (secondary N) is 2. The Morgan fingerprint density at radius 3 is 2.71 bits per heavy atom. The molecule has 0 radical (unpaired) electrons. The van der Waals surface area contributed by atoms with E-state index in [2.05, 4.69) is 33.5 Å². The van der Waals surface area contributed by atoms with Gasteiger partial charge in [-0.25, -0.2) is 0 Å². The molecule has 2 aliphatic heterocycles. The van der Waals surface area contributed by atoms with Crippen molar-refractivity contribution in [2.45, 2.75) is 44.8 Å². The van der Waals surface area contributed by atoms with Gasteiger partial charge in [0.25, 0.3) is 5.91 Å². The quantitative estimate of drug-likeness (QED) is 0.516. The summed E-state index contributed by atoms with van der Waals surface area (Å²) in [5.74, 6) is 3.25. The minimum atomic E-state index is -0.208. The maximum absolute atomic E-state index is 13.1. The minimum absolute atomic E-state index is 0.0445. The molecule has 1 aliphatic carbocycles. The Bertz CT molecular complexity index is 1250. The summed E-state index contributed by atoms with van der Waals surface area (Å²) in [5, 5.41) is 15.9. The minimum Gasteiger partial charge on any atom is -0.497 e. The van der Waals surface area contributed by atoms with Gasteiger partial charge in [-0.15, -0.1) is 0 Å². The van der Waals surface area contributed by atoms with Crippen LogP contribution in [-0.2, 0) is 0 Å². The molecule has 8 heteroatoms. The number of ether oxygens (including phenoxy) is 2. The molecule has 5 rings (SSSR count). The van der Waals surface area contributed by atoms with Crippen molar-refractivity contribution in [2.24, 2.45) is 16.8 Å². The second-order valence-electron chi connectivity index (χ2n) is 10.4. The van der Waals surface area contributed by atoms with E-state index >= 15 is 0 Å². The van der Waals surface area contributed by atoms with Gasteiger partial charge in [-0.3, -0.25) is 9.79 Å². The van der Waals surface area contributed by atoms with Gasteiger partial charge in [-0.05, 0) is 80.3 Å². The van der Waals surface area contributed by atoms with E-state index in [0.717, 1.165) is 37.3 Å². The molecule has 2 fully saturated rings. The molecule has 2 aromatic carbocycles. The first-order chi connectivity index (χ1) is 18.5. The van der Waals surface area contributed by atoms with Crippen molar-refractivity contribution in [3.05, 3.63) is 71.1 Å². The van der Waals surface area contributed by atoms with E-state index in [9.17, 15) is 10.1 Å². The third-order valence-corrected chi connectivity index (χ3v) is 7.59. The van der Waals surface area contributed by atoms with Crippen molar-refractivity contribution in [1.29, 1.82) is 5.26 Å². The highest BCUT2D eigenvalue weighted by Crippen LogP contribution is 2.31. The number of allylic oxidation sites excluding steroid dienone is 1. The summed E-state index contributed by atoms with van der Waals surface area (Å²) in [6.07, 6.45) is 8.00. The number of carbonyl (C=O) groups excluding carboxylic acids is 1. The molecule has 2 unspecified atom stereocenters. The van der Waals surface area contributed by atoms with Crippen LogP contribution in [-0.4, -0.2) is 49.9 Å². The summed E-state index contributed by atoms with van der Waals surface area (Å²) in [7, 11) is 1.60. The fraction of sp³-hybridized carbons (Fsp3) is 0.433. The third-order valence-electron chi connectivity index (χ3n) is 7.59. The van der Waals surface area contributed by atoms with Gasteiger partial charge in [-0.1, -0.05) is 12.1 Å². The zero-order valence-corrected chi connectivity index (χ0v) is 22.0. The summed E-state index contributed by atoms with van der Waals surface area (Å²) in [6, 6.07) is 15.2. The molecule has 0 aromatic heterocycles. The number of nitriles is 1. The molecule has 2 heterocycles. The lowest BCUT2D eigenvalue weighted by atomic mass is 9.90. The SMILES string of the molecule is COc1cc(OCC2CC2)cc(C(=O)NC(C)C2CCN(C3=CC=NC(c4cccc(C#N)c4)N3)CC2)c1. The van der Waals surface area contributed by atoms with E-state index in [1.54, 1.807) is 25.3 Å². The summed E-state index contributed by atoms with van der Waals surface area (Å²) in [6.45, 7) is 4.56. The molecule has 1 amide bonds. The number of nitrogens with zero attached hydrogens (tertiary/aromatic N) is 3. The lowest BCUT2D eigenvalue weighted by Gasteiger charge is -2.39. The Balaban J connectivity index is 1.14. The summed E-state index contributed by atoms with van der Waals surface area (Å²) < 4.78 is 11.3. The summed E-state index contributed by atoms with van der Waals surface area (Å²) in [5.41, 5.74) is 2.15. The van der Waals surface area contributed by atoms with Crippen LogP contribution in [0.3, 0.4) is 0 Å². The molecule has 1 saturated heterocycles. The number of amides is 1. The Hall–Kier alpha value is -3.99. The molecular weight excluding hydrogens is 478 g/mol. The monoisotopic (exact) mass is 513 g/mol. The fourth-order valence-electron chi connectivity index (χ4n) is 5.02. The molecule has 198 valence electrons. The highest BCUT2D eigenvalue weighted by molar-refractivity contribution is 5.95. The maximum atomic E-state index is 13.1. The number of likely N-dealkylation sites (tertiary alicyclic amines) is 1. The molecule has 0 spiro atoms. The van der Waals surface area contributed by atoms with Crippen molar-refractivity contribution < 1.29 is 14.3 Å². The lowest BCUT2D eigenvalue weighted by Crippen LogP contribution is -2.45. The first kappa shape index (κ1) is 25.7. The van der Waals surface area contributed by atoms with Crippen LogP contribution >= 0.6 is 0 Å². The van der Waals surface area contributed by atoms with Gasteiger partial charge in [-0.2, -0.15) is 5.26 Å². The number of piperidine rings is 1. The van der Waals surface area contributed by atoms with Crippen molar-refractivity contribution in [2.75, 3.05) is 26.8 Å². The zero-order chi connectivity index (χ0) is 26.5. The first-order valence-electron chi connectivity index (χ1n) is 13.4.